The van der Waals surface area contributed by atoms with Crippen molar-refractivity contribution in [2.75, 3.05) is 0 Å². The Morgan fingerprint density at radius 1 is 0.933 bits per heavy atom. The molecule has 0 bridgehead atoms. The predicted octanol–water partition coefficient (Wildman–Crippen LogP) is 5.16. The van der Waals surface area contributed by atoms with Crippen LogP contribution in [0.3, 0.4) is 0 Å². The number of rotatable bonds is 6. The number of halogens is 3. The molecule has 30 heavy (non-hydrogen) atoms. The zero-order valence-corrected chi connectivity index (χ0v) is 16.1. The molecule has 6 nitrogen and oxygen atoms in total. The van der Waals surface area contributed by atoms with E-state index in [1.165, 1.54) is 6.07 Å². The third-order valence-electron chi connectivity index (χ3n) is 3.87. The first kappa shape index (κ1) is 19.9. The largest absolute Gasteiger partial charge is 0.457 e. The van der Waals surface area contributed by atoms with Crippen LogP contribution < -0.4 is 4.74 Å². The topological polar surface area (TPSA) is 65.7 Å². The Morgan fingerprint density at radius 2 is 1.67 bits per heavy atom. The number of benzene rings is 2. The van der Waals surface area contributed by atoms with E-state index >= 15 is 0 Å². The van der Waals surface area contributed by atoms with Crippen molar-refractivity contribution in [2.45, 2.75) is 17.0 Å². The van der Waals surface area contributed by atoms with Crippen LogP contribution in [0.25, 0.3) is 5.69 Å². The van der Waals surface area contributed by atoms with Gasteiger partial charge in [0, 0.05) is 11.9 Å². The number of thioether (sulfide) groups is 1. The van der Waals surface area contributed by atoms with Crippen molar-refractivity contribution in [3.63, 3.8) is 0 Å². The molecule has 2 aromatic carbocycles. The van der Waals surface area contributed by atoms with Gasteiger partial charge >= 0.3 is 6.18 Å². The molecule has 0 fully saturated rings. The van der Waals surface area contributed by atoms with Gasteiger partial charge in [-0.2, -0.15) is 13.2 Å². The highest BCUT2D eigenvalue weighted by atomic mass is 32.2. The fourth-order valence-corrected chi connectivity index (χ4v) is 3.23. The van der Waals surface area contributed by atoms with Gasteiger partial charge in [-0.05, 0) is 42.5 Å². The number of nitrogens with zero attached hydrogens (tertiary/aromatic N) is 5. The van der Waals surface area contributed by atoms with Crippen LogP contribution in [0.2, 0.25) is 0 Å². The standard InChI is InChI=1S/C20H14F3N5OS/c21-20(22,23)19-24-11-10-18(25-19)30-13-14-12-28(27-26-14)15-6-8-17(9-7-15)29-16-4-2-1-3-5-16/h1-12H,13H2. The van der Waals surface area contributed by atoms with Crippen LogP contribution in [-0.2, 0) is 11.9 Å². The minimum absolute atomic E-state index is 0.217. The lowest BCUT2D eigenvalue weighted by Gasteiger charge is -2.06. The lowest BCUT2D eigenvalue weighted by Crippen LogP contribution is -2.10. The van der Waals surface area contributed by atoms with Gasteiger partial charge in [0.05, 0.1) is 17.6 Å². The van der Waals surface area contributed by atoms with Gasteiger partial charge in [0.15, 0.2) is 0 Å². The smallest absolute Gasteiger partial charge is 0.451 e. The molecule has 10 heteroatoms. The van der Waals surface area contributed by atoms with Crippen molar-refractivity contribution in [1.29, 1.82) is 0 Å². The van der Waals surface area contributed by atoms with Crippen LogP contribution in [-0.4, -0.2) is 25.0 Å². The van der Waals surface area contributed by atoms with Crippen LogP contribution in [0.15, 0.2) is 78.1 Å². The van der Waals surface area contributed by atoms with Crippen molar-refractivity contribution in [1.82, 2.24) is 25.0 Å². The maximum atomic E-state index is 12.7. The average Bonchev–Trinajstić information content (AvgIpc) is 3.22. The summed E-state index contributed by atoms with van der Waals surface area (Å²) in [5, 5.41) is 8.35. The highest BCUT2D eigenvalue weighted by Gasteiger charge is 2.34. The maximum absolute atomic E-state index is 12.7. The summed E-state index contributed by atoms with van der Waals surface area (Å²) < 4.78 is 45.5. The van der Waals surface area contributed by atoms with Crippen molar-refractivity contribution in [3.8, 4) is 17.2 Å². The molecule has 0 saturated carbocycles. The highest BCUT2D eigenvalue weighted by molar-refractivity contribution is 7.98. The van der Waals surface area contributed by atoms with Gasteiger partial charge in [0.1, 0.15) is 16.5 Å². The first-order valence-electron chi connectivity index (χ1n) is 8.75. The molecule has 2 aromatic heterocycles. The molecule has 0 aliphatic carbocycles. The SMILES string of the molecule is FC(F)(F)c1nccc(SCc2cn(-c3ccc(Oc4ccccc4)cc3)nn2)n1. The number of aromatic nitrogens is 5. The minimum Gasteiger partial charge on any atom is -0.457 e. The van der Waals surface area contributed by atoms with E-state index in [2.05, 4.69) is 20.3 Å². The zero-order valence-electron chi connectivity index (χ0n) is 15.3. The lowest BCUT2D eigenvalue weighted by molar-refractivity contribution is -0.145. The lowest BCUT2D eigenvalue weighted by atomic mass is 10.3. The summed E-state index contributed by atoms with van der Waals surface area (Å²) in [6.07, 6.45) is -1.77. The number of para-hydroxylation sites is 1. The van der Waals surface area contributed by atoms with E-state index in [0.29, 0.717) is 17.2 Å². The van der Waals surface area contributed by atoms with Gasteiger partial charge in [0.2, 0.25) is 5.82 Å². The van der Waals surface area contributed by atoms with Gasteiger partial charge in [-0.15, -0.1) is 5.10 Å². The second-order valence-corrected chi connectivity index (χ2v) is 7.06. The summed E-state index contributed by atoms with van der Waals surface area (Å²) in [4.78, 5) is 6.78. The summed E-state index contributed by atoms with van der Waals surface area (Å²) in [6, 6.07) is 18.2. The minimum atomic E-state index is -4.57. The van der Waals surface area contributed by atoms with Crippen LogP contribution in [0, 0.1) is 0 Å². The molecule has 4 aromatic rings. The molecule has 0 atom stereocenters. The Labute approximate surface area is 173 Å². The van der Waals surface area contributed by atoms with E-state index in [1.54, 1.807) is 10.9 Å². The number of alkyl halides is 3. The fraction of sp³-hybridized carbons (Fsp3) is 0.100. The summed E-state index contributed by atoms with van der Waals surface area (Å²) in [6.45, 7) is 0. The number of hydrogen-bond donors (Lipinski definition) is 0. The van der Waals surface area contributed by atoms with Crippen LogP contribution in [0.5, 0.6) is 11.5 Å². The molecule has 0 aliphatic rings. The summed E-state index contributed by atoms with van der Waals surface area (Å²) >= 11 is 1.13. The van der Waals surface area contributed by atoms with E-state index in [-0.39, 0.29) is 5.03 Å². The van der Waals surface area contributed by atoms with E-state index in [0.717, 1.165) is 29.4 Å². The van der Waals surface area contributed by atoms with Crippen LogP contribution in [0.1, 0.15) is 11.5 Å². The molecule has 0 spiro atoms. The molecule has 0 amide bonds. The number of hydrogen-bond acceptors (Lipinski definition) is 6. The summed E-state index contributed by atoms with van der Waals surface area (Å²) in [5.74, 6) is 0.589. The van der Waals surface area contributed by atoms with Crippen molar-refractivity contribution in [2.24, 2.45) is 0 Å². The van der Waals surface area contributed by atoms with E-state index in [9.17, 15) is 13.2 Å². The van der Waals surface area contributed by atoms with Gasteiger partial charge in [0.25, 0.3) is 0 Å². The molecule has 152 valence electrons. The van der Waals surface area contributed by atoms with Gasteiger partial charge in [-0.25, -0.2) is 14.6 Å². The Balaban J connectivity index is 1.39. The Hall–Kier alpha value is -3.40. The summed E-state index contributed by atoms with van der Waals surface area (Å²) in [5.41, 5.74) is 1.39. The van der Waals surface area contributed by atoms with E-state index < -0.39 is 12.0 Å². The molecule has 4 rings (SSSR count). The highest BCUT2D eigenvalue weighted by Crippen LogP contribution is 2.28. The molecule has 0 saturated heterocycles. The number of ether oxygens (including phenoxy) is 1. The second kappa shape index (κ2) is 8.54. The first-order chi connectivity index (χ1) is 14.5. The molecular weight excluding hydrogens is 415 g/mol. The molecule has 0 unspecified atom stereocenters. The van der Waals surface area contributed by atoms with Crippen molar-refractivity contribution >= 4 is 11.8 Å². The molecular formula is C20H14F3N5OS. The van der Waals surface area contributed by atoms with Crippen LogP contribution in [0.4, 0.5) is 13.2 Å². The third-order valence-corrected chi connectivity index (χ3v) is 4.84. The zero-order chi connectivity index (χ0) is 21.0. The average molecular weight is 429 g/mol. The Bertz CT molecular complexity index is 1120. The van der Waals surface area contributed by atoms with Crippen molar-refractivity contribution in [3.05, 3.63) is 84.6 Å². The van der Waals surface area contributed by atoms with E-state index in [1.807, 2.05) is 54.6 Å². The molecule has 2 heterocycles. The fourth-order valence-electron chi connectivity index (χ4n) is 2.49. The normalized spacial score (nSPS) is 11.4. The second-order valence-electron chi connectivity index (χ2n) is 6.07. The Morgan fingerprint density at radius 3 is 2.40 bits per heavy atom. The Kier molecular flexibility index (Phi) is 5.66. The van der Waals surface area contributed by atoms with Gasteiger partial charge < -0.3 is 4.74 Å². The van der Waals surface area contributed by atoms with Crippen LogP contribution >= 0.6 is 11.8 Å². The van der Waals surface area contributed by atoms with Crippen molar-refractivity contribution < 1.29 is 17.9 Å². The monoisotopic (exact) mass is 429 g/mol. The van der Waals surface area contributed by atoms with E-state index in [4.69, 9.17) is 4.74 Å². The predicted molar refractivity (Wildman–Crippen MR) is 104 cm³/mol. The maximum Gasteiger partial charge on any atom is 0.451 e. The van der Waals surface area contributed by atoms with Gasteiger partial charge in [-0.3, -0.25) is 0 Å². The van der Waals surface area contributed by atoms with Gasteiger partial charge in [-0.1, -0.05) is 35.2 Å². The molecule has 0 aliphatic heterocycles. The quantitative estimate of drug-likeness (QED) is 0.312. The molecule has 0 N–H and O–H groups in total. The third kappa shape index (κ3) is 4.95. The summed E-state index contributed by atoms with van der Waals surface area (Å²) in [7, 11) is 0. The first-order valence-corrected chi connectivity index (χ1v) is 9.73. The molecule has 0 radical (unpaired) electrons.